The van der Waals surface area contributed by atoms with E-state index in [4.69, 9.17) is 19.7 Å². The Morgan fingerprint density at radius 3 is 2.30 bits per heavy atom. The Labute approximate surface area is 350 Å². The average Bonchev–Trinajstić information content (AvgIpc) is 4.01. The summed E-state index contributed by atoms with van der Waals surface area (Å²) in [5, 5.41) is 33.5. The quantitative estimate of drug-likeness (QED) is 0.0840. The number of benzene rings is 4. The molecule has 8 nitrogen and oxygen atoms in total. The van der Waals surface area contributed by atoms with Gasteiger partial charge in [-0.2, -0.15) is 0 Å². The maximum Gasteiger partial charge on any atom is 0.305 e. The molecule has 5 heterocycles. The Hall–Kier alpha value is -6.12. The van der Waals surface area contributed by atoms with Crippen LogP contribution in [0.2, 0.25) is 0 Å². The van der Waals surface area contributed by atoms with Crippen molar-refractivity contribution in [3.8, 4) is 0 Å². The van der Waals surface area contributed by atoms with Crippen molar-refractivity contribution in [3.63, 3.8) is 0 Å². The van der Waals surface area contributed by atoms with E-state index in [0.717, 1.165) is 105 Å². The van der Waals surface area contributed by atoms with Gasteiger partial charge in [0.15, 0.2) is 0 Å². The molecule has 0 unspecified atom stereocenters. The third kappa shape index (κ3) is 6.14. The molecule has 2 atom stereocenters. The number of aryl methyl sites for hydroxylation is 1. The van der Waals surface area contributed by atoms with E-state index in [1.54, 1.807) is 0 Å². The Balaban J connectivity index is 0.884. The molecule has 1 fully saturated rings. The number of esters is 1. The van der Waals surface area contributed by atoms with Gasteiger partial charge in [-0.15, -0.1) is 0 Å². The van der Waals surface area contributed by atoms with Gasteiger partial charge in [0, 0.05) is 52.8 Å². The number of aliphatic hydroxyl groups is 2. The van der Waals surface area contributed by atoms with Gasteiger partial charge in [0.2, 0.25) is 0 Å². The fraction of sp³-hybridized carbons (Fsp3) is 0.308. The molecular weight excluding hydrogens is 745 g/mol. The van der Waals surface area contributed by atoms with Crippen molar-refractivity contribution in [2.75, 3.05) is 13.2 Å². The number of rotatable bonds is 10. The van der Waals surface area contributed by atoms with Crippen LogP contribution in [0.15, 0.2) is 161 Å². The van der Waals surface area contributed by atoms with E-state index >= 15 is 0 Å². The number of carbonyl (C=O) groups excluding carboxylic acids is 1. The third-order valence-electron chi connectivity index (χ3n) is 13.7. The van der Waals surface area contributed by atoms with Crippen molar-refractivity contribution in [2.24, 2.45) is 26.8 Å². The van der Waals surface area contributed by atoms with E-state index in [1.165, 1.54) is 37.9 Å². The fourth-order valence-corrected chi connectivity index (χ4v) is 10.3. The van der Waals surface area contributed by atoms with Crippen molar-refractivity contribution in [1.29, 1.82) is 0 Å². The number of ether oxygens (including phenoxy) is 1. The summed E-state index contributed by atoms with van der Waals surface area (Å²) in [7, 11) is 0. The van der Waals surface area contributed by atoms with Crippen molar-refractivity contribution < 1.29 is 19.7 Å². The van der Waals surface area contributed by atoms with Crippen molar-refractivity contribution >= 4 is 55.4 Å². The number of fused-ring (bicyclic) bond motifs is 5. The largest absolute Gasteiger partial charge is 0.511 e. The zero-order chi connectivity index (χ0) is 41.4. The molecule has 3 N–H and O–H groups in total. The van der Waals surface area contributed by atoms with Crippen LogP contribution in [0.25, 0.3) is 32.3 Å². The van der Waals surface area contributed by atoms with Crippen LogP contribution in [0.3, 0.4) is 0 Å². The highest BCUT2D eigenvalue weighted by molar-refractivity contribution is 6.24. The first-order valence-electron chi connectivity index (χ1n) is 21.5. The number of hydrogen-bond donors (Lipinski definition) is 3. The van der Waals surface area contributed by atoms with Crippen LogP contribution < -0.4 is 5.32 Å². The summed E-state index contributed by atoms with van der Waals surface area (Å²) in [6, 6.07) is 19.9. The highest BCUT2D eigenvalue weighted by atomic mass is 16.5. The lowest BCUT2D eigenvalue weighted by Gasteiger charge is -2.17. The van der Waals surface area contributed by atoms with E-state index in [0.29, 0.717) is 30.9 Å². The van der Waals surface area contributed by atoms with Crippen molar-refractivity contribution in [2.45, 2.75) is 79.6 Å². The molecule has 8 heteroatoms. The first-order valence-corrected chi connectivity index (χ1v) is 21.5. The van der Waals surface area contributed by atoms with Gasteiger partial charge in [0.05, 0.1) is 47.4 Å². The lowest BCUT2D eigenvalue weighted by Crippen LogP contribution is -2.16. The molecule has 1 aliphatic carbocycles. The maximum atomic E-state index is 13.4. The molecule has 10 rings (SSSR count). The molecule has 302 valence electrons. The number of allylic oxidation sites excluding steroid dienone is 11. The molecule has 0 aromatic heterocycles. The molecule has 0 saturated carbocycles. The van der Waals surface area contributed by atoms with Gasteiger partial charge in [-0.1, -0.05) is 68.4 Å². The van der Waals surface area contributed by atoms with Crippen LogP contribution in [-0.4, -0.2) is 46.5 Å². The summed E-state index contributed by atoms with van der Waals surface area (Å²) in [5.74, 6) is 0.0889. The second-order valence-electron chi connectivity index (χ2n) is 17.1. The van der Waals surface area contributed by atoms with Gasteiger partial charge >= 0.3 is 5.97 Å². The van der Waals surface area contributed by atoms with E-state index in [-0.39, 0.29) is 30.8 Å². The number of nitrogens with zero attached hydrogens (tertiary/aromatic N) is 3. The first kappa shape index (κ1) is 38.1. The van der Waals surface area contributed by atoms with Crippen LogP contribution in [0, 0.1) is 11.8 Å². The second-order valence-corrected chi connectivity index (χ2v) is 17.1. The van der Waals surface area contributed by atoms with Gasteiger partial charge in [-0.3, -0.25) is 4.79 Å². The Kier molecular flexibility index (Phi) is 9.43. The number of aliphatic hydroxyl groups excluding tert-OH is 2. The highest BCUT2D eigenvalue weighted by Crippen LogP contribution is 2.47. The number of carbonyl (C=O) groups is 1. The number of hydrogen-bond acceptors (Lipinski definition) is 8. The monoisotopic (exact) mass is 794 g/mol. The first-order chi connectivity index (χ1) is 29.1. The molecule has 0 spiro atoms. The number of aliphatic imine (C=N–C) groups is 3. The predicted molar refractivity (Wildman–Crippen MR) is 242 cm³/mol. The normalized spacial score (nSPS) is 21.2. The zero-order valence-electron chi connectivity index (χ0n) is 35.0. The molecule has 4 aromatic rings. The molecule has 4 aromatic carbocycles. The van der Waals surface area contributed by atoms with Crippen LogP contribution in [0.1, 0.15) is 78.7 Å². The summed E-state index contributed by atoms with van der Waals surface area (Å²) in [6.45, 7) is 10.7. The Morgan fingerprint density at radius 2 is 1.53 bits per heavy atom. The van der Waals surface area contributed by atoms with E-state index in [9.17, 15) is 15.0 Å². The van der Waals surface area contributed by atoms with E-state index < -0.39 is 0 Å². The summed E-state index contributed by atoms with van der Waals surface area (Å²) >= 11 is 0. The summed E-state index contributed by atoms with van der Waals surface area (Å²) in [4.78, 5) is 28.7. The maximum absolute atomic E-state index is 13.4. The lowest BCUT2D eigenvalue weighted by molar-refractivity contribution is -0.144. The molecule has 5 aliphatic heterocycles. The summed E-state index contributed by atoms with van der Waals surface area (Å²) < 4.78 is 5.86. The number of unbranched alkanes of at least 4 members (excludes halogenated alkanes) is 1. The lowest BCUT2D eigenvalue weighted by atomic mass is 9.86. The minimum absolute atomic E-state index is 0.0175. The highest BCUT2D eigenvalue weighted by Gasteiger charge is 2.41. The van der Waals surface area contributed by atoms with Crippen LogP contribution in [0.4, 0.5) is 0 Å². The minimum atomic E-state index is -0.199. The number of nitrogens with one attached hydrogen (secondary N) is 1. The molecule has 8 bridgehead atoms. The van der Waals surface area contributed by atoms with Gasteiger partial charge in [-0.05, 0) is 131 Å². The Bertz CT molecular complexity index is 2920. The second kappa shape index (κ2) is 14.9. The predicted octanol–water partition coefficient (Wildman–Crippen LogP) is 10.9. The smallest absolute Gasteiger partial charge is 0.305 e. The standard InChI is InChI=1S/C52H50N4O4/c1-6-35-27(2)41-24-45-39(26-57)29(4)40(54-45)23-42-28(3)36(51(55-42)38-22-46(58)48-30(5)43(56-52(38)48)25-44(35)53-41)19-20-47(59)60-21-8-7-10-31-13-14-34-16-15-32-11-9-12-33-17-18-37(31)50(34)49(32)33/h9,11-18,23-25,28,36,55,57-58H,6-8,10,19-22,26H2,1-5H3/t28-,36-/m0/s1. The van der Waals surface area contributed by atoms with Gasteiger partial charge in [-0.25, -0.2) is 15.0 Å². The van der Waals surface area contributed by atoms with Gasteiger partial charge < -0.3 is 20.3 Å². The third-order valence-corrected chi connectivity index (χ3v) is 13.7. The summed E-state index contributed by atoms with van der Waals surface area (Å²) in [6.07, 6.45) is 10.8. The van der Waals surface area contributed by atoms with Crippen LogP contribution >= 0.6 is 0 Å². The minimum Gasteiger partial charge on any atom is -0.511 e. The van der Waals surface area contributed by atoms with Crippen molar-refractivity contribution in [1.82, 2.24) is 5.32 Å². The zero-order valence-corrected chi connectivity index (χ0v) is 35.0. The molecule has 60 heavy (non-hydrogen) atoms. The molecule has 0 radical (unpaired) electrons. The van der Waals surface area contributed by atoms with Gasteiger partial charge in [0.25, 0.3) is 0 Å². The van der Waals surface area contributed by atoms with Gasteiger partial charge in [0.1, 0.15) is 5.76 Å². The summed E-state index contributed by atoms with van der Waals surface area (Å²) in [5.41, 5.74) is 14.7. The topological polar surface area (TPSA) is 116 Å². The van der Waals surface area contributed by atoms with Crippen LogP contribution in [-0.2, 0) is 16.0 Å². The molecule has 1 saturated heterocycles. The fourth-order valence-electron chi connectivity index (χ4n) is 10.3. The van der Waals surface area contributed by atoms with Crippen molar-refractivity contribution in [3.05, 3.63) is 152 Å². The molecular formula is C52H50N4O4. The average molecular weight is 795 g/mol. The van der Waals surface area contributed by atoms with E-state index in [1.807, 2.05) is 26.0 Å². The molecule has 6 aliphatic rings. The Morgan fingerprint density at radius 1 is 0.833 bits per heavy atom. The molecule has 0 amide bonds. The van der Waals surface area contributed by atoms with Crippen LogP contribution in [0.5, 0.6) is 0 Å². The SMILES string of the molecule is CCC1=C(C)C2=NC1=CC1=C(C)C3=C(O)CC(=C4NC(=CC5=NC(=C2)C(CO)=C5C)[C@@H](C)[C@@H]4CCC(=O)OCCCCc2ccc4ccc5cccc6ccc2c4c56)C3=N1. The van der Waals surface area contributed by atoms with E-state index in [2.05, 4.69) is 86.8 Å².